The molecule has 0 radical (unpaired) electrons. The van der Waals surface area contributed by atoms with Crippen molar-refractivity contribution in [3.05, 3.63) is 77.6 Å². The molecule has 0 unspecified atom stereocenters. The van der Waals surface area contributed by atoms with Gasteiger partial charge in [0.2, 0.25) is 0 Å². The number of pyridine rings is 1. The van der Waals surface area contributed by atoms with Gasteiger partial charge in [-0.05, 0) is 35.4 Å². The van der Waals surface area contributed by atoms with Crippen molar-refractivity contribution in [3.8, 4) is 22.6 Å². The van der Waals surface area contributed by atoms with E-state index in [1.165, 1.54) is 7.11 Å². The smallest absolute Gasteiger partial charge is 0.162 e. The fourth-order valence-corrected chi connectivity index (χ4v) is 2.93. The van der Waals surface area contributed by atoms with Crippen LogP contribution in [0.2, 0.25) is 0 Å². The van der Waals surface area contributed by atoms with Crippen LogP contribution in [-0.2, 0) is 11.0 Å². The van der Waals surface area contributed by atoms with Gasteiger partial charge in [0.15, 0.2) is 11.6 Å². The number of benzene rings is 2. The standard InChI is InChI=1S/C20H16F2INO2/c1-25-20-8-19(22)18(21)7-17(20)15-2-4-16(5-3-15)26-12-14-6-13(9-23)10-24-11-14/h2-8,10-11H,9,12H2,1H3. The van der Waals surface area contributed by atoms with Crippen molar-refractivity contribution >= 4 is 22.6 Å². The van der Waals surface area contributed by atoms with E-state index in [2.05, 4.69) is 33.6 Å². The third-order valence-corrected chi connectivity index (χ3v) is 4.70. The quantitative estimate of drug-likeness (QED) is 0.352. The highest BCUT2D eigenvalue weighted by molar-refractivity contribution is 14.1. The summed E-state index contributed by atoms with van der Waals surface area (Å²) < 4.78 is 38.7. The van der Waals surface area contributed by atoms with Crippen LogP contribution in [0.25, 0.3) is 11.1 Å². The van der Waals surface area contributed by atoms with E-state index in [1.54, 1.807) is 30.5 Å². The largest absolute Gasteiger partial charge is 0.496 e. The van der Waals surface area contributed by atoms with Gasteiger partial charge >= 0.3 is 0 Å². The summed E-state index contributed by atoms with van der Waals surface area (Å²) in [6, 6.07) is 11.4. The van der Waals surface area contributed by atoms with E-state index in [1.807, 2.05) is 6.20 Å². The predicted octanol–water partition coefficient (Wildman–Crippen LogP) is 5.55. The first kappa shape index (κ1) is 18.6. The van der Waals surface area contributed by atoms with Gasteiger partial charge in [0, 0.05) is 34.0 Å². The lowest BCUT2D eigenvalue weighted by Crippen LogP contribution is -1.97. The van der Waals surface area contributed by atoms with E-state index >= 15 is 0 Å². The van der Waals surface area contributed by atoms with Crippen molar-refractivity contribution in [2.45, 2.75) is 11.0 Å². The molecule has 6 heteroatoms. The third kappa shape index (κ3) is 4.30. The summed E-state index contributed by atoms with van der Waals surface area (Å²) in [4.78, 5) is 4.19. The molecule has 0 fully saturated rings. The van der Waals surface area contributed by atoms with E-state index in [-0.39, 0.29) is 5.75 Å². The highest BCUT2D eigenvalue weighted by Crippen LogP contribution is 2.33. The molecule has 0 amide bonds. The Labute approximate surface area is 164 Å². The second kappa shape index (κ2) is 8.44. The minimum atomic E-state index is -0.937. The van der Waals surface area contributed by atoms with Crippen molar-refractivity contribution < 1.29 is 18.3 Å². The summed E-state index contributed by atoms with van der Waals surface area (Å²) in [6.45, 7) is 0.408. The van der Waals surface area contributed by atoms with Gasteiger partial charge in [0.1, 0.15) is 18.1 Å². The second-order valence-corrected chi connectivity index (χ2v) is 6.38. The van der Waals surface area contributed by atoms with Gasteiger partial charge in [0.25, 0.3) is 0 Å². The Balaban J connectivity index is 1.75. The summed E-state index contributed by atoms with van der Waals surface area (Å²) >= 11 is 2.29. The monoisotopic (exact) mass is 467 g/mol. The maximum absolute atomic E-state index is 13.6. The highest BCUT2D eigenvalue weighted by atomic mass is 127. The van der Waals surface area contributed by atoms with Crippen LogP contribution in [0, 0.1) is 11.6 Å². The third-order valence-electron chi connectivity index (χ3n) is 3.82. The van der Waals surface area contributed by atoms with Crippen molar-refractivity contribution in [2.75, 3.05) is 7.11 Å². The fourth-order valence-electron chi connectivity index (χ4n) is 2.51. The molecule has 134 valence electrons. The number of ether oxygens (including phenoxy) is 2. The number of rotatable bonds is 6. The molecule has 0 aliphatic heterocycles. The number of hydrogen-bond donors (Lipinski definition) is 0. The summed E-state index contributed by atoms with van der Waals surface area (Å²) in [7, 11) is 1.42. The Bertz CT molecular complexity index is 901. The van der Waals surface area contributed by atoms with Crippen molar-refractivity contribution in [1.82, 2.24) is 4.98 Å². The van der Waals surface area contributed by atoms with Crippen LogP contribution in [0.4, 0.5) is 8.78 Å². The van der Waals surface area contributed by atoms with Crippen molar-refractivity contribution in [3.63, 3.8) is 0 Å². The average molecular weight is 467 g/mol. The summed E-state index contributed by atoms with van der Waals surface area (Å²) in [5, 5.41) is 0. The van der Waals surface area contributed by atoms with Crippen molar-refractivity contribution in [2.24, 2.45) is 0 Å². The topological polar surface area (TPSA) is 31.4 Å². The molecule has 0 bridgehead atoms. The van der Waals surface area contributed by atoms with E-state index < -0.39 is 11.6 Å². The molecule has 26 heavy (non-hydrogen) atoms. The second-order valence-electron chi connectivity index (χ2n) is 5.61. The zero-order chi connectivity index (χ0) is 18.5. The molecule has 0 spiro atoms. The van der Waals surface area contributed by atoms with E-state index in [0.717, 1.165) is 27.7 Å². The molecule has 3 nitrogen and oxygen atoms in total. The van der Waals surface area contributed by atoms with Gasteiger partial charge in [-0.2, -0.15) is 0 Å². The fraction of sp³-hybridized carbons (Fsp3) is 0.150. The van der Waals surface area contributed by atoms with E-state index in [9.17, 15) is 8.78 Å². The highest BCUT2D eigenvalue weighted by Gasteiger charge is 2.12. The van der Waals surface area contributed by atoms with Crippen LogP contribution in [0.1, 0.15) is 11.1 Å². The van der Waals surface area contributed by atoms with Crippen LogP contribution in [0.5, 0.6) is 11.5 Å². The molecular weight excluding hydrogens is 451 g/mol. The zero-order valence-electron chi connectivity index (χ0n) is 14.0. The normalized spacial score (nSPS) is 10.6. The van der Waals surface area contributed by atoms with Crippen LogP contribution in [0.15, 0.2) is 54.9 Å². The van der Waals surface area contributed by atoms with Gasteiger partial charge < -0.3 is 9.47 Å². The van der Waals surface area contributed by atoms with Gasteiger partial charge in [0.05, 0.1) is 7.11 Å². The maximum Gasteiger partial charge on any atom is 0.162 e. The first-order valence-electron chi connectivity index (χ1n) is 7.85. The lowest BCUT2D eigenvalue weighted by Gasteiger charge is -2.11. The molecule has 3 rings (SSSR count). The molecule has 1 aromatic heterocycles. The van der Waals surface area contributed by atoms with Gasteiger partial charge in [-0.1, -0.05) is 34.7 Å². The van der Waals surface area contributed by atoms with Gasteiger partial charge in [-0.3, -0.25) is 4.98 Å². The van der Waals surface area contributed by atoms with Crippen LogP contribution < -0.4 is 9.47 Å². The summed E-state index contributed by atoms with van der Waals surface area (Å²) in [5.41, 5.74) is 3.33. The molecule has 0 aliphatic carbocycles. The van der Waals surface area contributed by atoms with Crippen LogP contribution in [-0.4, -0.2) is 12.1 Å². The Morgan fingerprint density at radius 3 is 2.35 bits per heavy atom. The predicted molar refractivity (Wildman–Crippen MR) is 105 cm³/mol. The molecule has 0 saturated heterocycles. The SMILES string of the molecule is COc1cc(F)c(F)cc1-c1ccc(OCc2cncc(CI)c2)cc1. The first-order chi connectivity index (χ1) is 12.6. The lowest BCUT2D eigenvalue weighted by molar-refractivity contribution is 0.305. The minimum Gasteiger partial charge on any atom is -0.496 e. The lowest BCUT2D eigenvalue weighted by atomic mass is 10.0. The molecule has 0 aliphatic rings. The van der Waals surface area contributed by atoms with E-state index in [0.29, 0.717) is 23.5 Å². The van der Waals surface area contributed by atoms with Crippen molar-refractivity contribution in [1.29, 1.82) is 0 Å². The molecular formula is C20H16F2INO2. The number of alkyl halides is 1. The minimum absolute atomic E-state index is 0.277. The molecule has 0 atom stereocenters. The van der Waals surface area contributed by atoms with Gasteiger partial charge in [-0.25, -0.2) is 8.78 Å². The van der Waals surface area contributed by atoms with Crippen LogP contribution >= 0.6 is 22.6 Å². The number of hydrogen-bond acceptors (Lipinski definition) is 3. The number of nitrogens with zero attached hydrogens (tertiary/aromatic N) is 1. The molecule has 0 saturated carbocycles. The van der Waals surface area contributed by atoms with Crippen LogP contribution in [0.3, 0.4) is 0 Å². The zero-order valence-corrected chi connectivity index (χ0v) is 16.2. The number of halogens is 3. The molecule has 3 aromatic rings. The molecule has 0 N–H and O–H groups in total. The Morgan fingerprint density at radius 2 is 1.65 bits per heavy atom. The Kier molecular flexibility index (Phi) is 6.03. The number of methoxy groups -OCH3 is 1. The average Bonchev–Trinajstić information content (AvgIpc) is 2.68. The Morgan fingerprint density at radius 1 is 0.962 bits per heavy atom. The maximum atomic E-state index is 13.6. The first-order valence-corrected chi connectivity index (χ1v) is 9.38. The Hall–Kier alpha value is -2.22. The van der Waals surface area contributed by atoms with Gasteiger partial charge in [-0.15, -0.1) is 0 Å². The van der Waals surface area contributed by atoms with E-state index in [4.69, 9.17) is 9.47 Å². The summed E-state index contributed by atoms with van der Waals surface area (Å²) in [6.07, 6.45) is 3.61. The molecule has 2 aromatic carbocycles. The number of aromatic nitrogens is 1. The molecule has 1 heterocycles. The summed E-state index contributed by atoms with van der Waals surface area (Å²) in [5.74, 6) is -0.897.